The van der Waals surface area contributed by atoms with Gasteiger partial charge in [-0.1, -0.05) is 30.3 Å². The molecule has 0 saturated carbocycles. The van der Waals surface area contributed by atoms with Crippen molar-refractivity contribution in [3.63, 3.8) is 0 Å². The summed E-state index contributed by atoms with van der Waals surface area (Å²) >= 11 is 0. The van der Waals surface area contributed by atoms with Crippen LogP contribution in [0.1, 0.15) is 15.9 Å². The van der Waals surface area contributed by atoms with Gasteiger partial charge >= 0.3 is 5.97 Å². The van der Waals surface area contributed by atoms with Gasteiger partial charge in [0.2, 0.25) is 0 Å². The first kappa shape index (κ1) is 13.9. The number of benzene rings is 1. The average molecular weight is 270 g/mol. The van der Waals surface area contributed by atoms with Gasteiger partial charge in [-0.3, -0.25) is 4.98 Å². The summed E-state index contributed by atoms with van der Waals surface area (Å²) in [4.78, 5) is 31.4. The molecule has 0 saturated heterocycles. The summed E-state index contributed by atoms with van der Waals surface area (Å²) < 4.78 is 0. The lowest BCUT2D eigenvalue weighted by Crippen LogP contribution is -2.34. The van der Waals surface area contributed by atoms with E-state index in [9.17, 15) is 9.59 Å². The molecular weight excluding hydrogens is 256 g/mol. The van der Waals surface area contributed by atoms with Crippen LogP contribution in [0.5, 0.6) is 0 Å². The molecular formula is C15H14N2O3. The minimum absolute atomic E-state index is 0.323. The zero-order valence-electron chi connectivity index (χ0n) is 10.7. The number of hydroxylamine groups is 1. The summed E-state index contributed by atoms with van der Waals surface area (Å²) in [5, 5.41) is 0. The van der Waals surface area contributed by atoms with Crippen LogP contribution < -0.4 is 5.48 Å². The van der Waals surface area contributed by atoms with E-state index in [4.69, 9.17) is 4.84 Å². The quantitative estimate of drug-likeness (QED) is 0.637. The van der Waals surface area contributed by atoms with Crippen LogP contribution in [0.4, 0.5) is 0 Å². The normalized spacial score (nSPS) is 11.6. The smallest absolute Gasteiger partial charge is 0.358 e. The number of hydrogen-bond donors (Lipinski definition) is 1. The van der Waals surface area contributed by atoms with Gasteiger partial charge < -0.3 is 9.63 Å². The molecule has 1 aromatic heterocycles. The lowest BCUT2D eigenvalue weighted by molar-refractivity contribution is -0.112. The van der Waals surface area contributed by atoms with Crippen molar-refractivity contribution in [1.29, 1.82) is 0 Å². The van der Waals surface area contributed by atoms with Gasteiger partial charge in [0, 0.05) is 12.4 Å². The Morgan fingerprint density at radius 3 is 2.70 bits per heavy atom. The van der Waals surface area contributed by atoms with Crippen LogP contribution in [-0.2, 0) is 16.1 Å². The molecule has 1 aromatic carbocycles. The van der Waals surface area contributed by atoms with Crippen molar-refractivity contribution in [2.75, 3.05) is 0 Å². The predicted octanol–water partition coefficient (Wildman–Crippen LogP) is 1.55. The monoisotopic (exact) mass is 270 g/mol. The third-order valence-corrected chi connectivity index (χ3v) is 2.66. The molecule has 20 heavy (non-hydrogen) atoms. The van der Waals surface area contributed by atoms with Gasteiger partial charge in [0.15, 0.2) is 0 Å². The van der Waals surface area contributed by atoms with Crippen molar-refractivity contribution in [1.82, 2.24) is 10.5 Å². The van der Waals surface area contributed by atoms with E-state index >= 15 is 0 Å². The average Bonchev–Trinajstić information content (AvgIpc) is 2.53. The molecule has 102 valence electrons. The Balaban J connectivity index is 1.88. The molecule has 2 rings (SSSR count). The van der Waals surface area contributed by atoms with Crippen molar-refractivity contribution in [2.24, 2.45) is 0 Å². The number of aromatic nitrogens is 1. The number of hydrogen-bond acceptors (Lipinski definition) is 5. The Bertz CT molecular complexity index is 558. The molecule has 5 heteroatoms. The van der Waals surface area contributed by atoms with E-state index in [1.165, 1.54) is 6.20 Å². The highest BCUT2D eigenvalue weighted by Crippen LogP contribution is 2.03. The van der Waals surface area contributed by atoms with Crippen molar-refractivity contribution >= 4 is 12.3 Å². The minimum Gasteiger partial charge on any atom is -0.366 e. The summed E-state index contributed by atoms with van der Waals surface area (Å²) in [6.07, 6.45) is 4.12. The maximum absolute atomic E-state index is 11.7. The zero-order valence-corrected chi connectivity index (χ0v) is 10.7. The molecule has 0 bridgehead atoms. The van der Waals surface area contributed by atoms with Crippen LogP contribution in [0, 0.1) is 0 Å². The fraction of sp³-hybridized carbons (Fsp3) is 0.133. The van der Waals surface area contributed by atoms with Crippen LogP contribution >= 0.6 is 0 Å². The summed E-state index contributed by atoms with van der Waals surface area (Å²) in [5.41, 5.74) is 3.78. The third-order valence-electron chi connectivity index (χ3n) is 2.66. The molecule has 0 radical (unpaired) electrons. The van der Waals surface area contributed by atoms with Crippen molar-refractivity contribution in [3.05, 3.63) is 66.0 Å². The Morgan fingerprint density at radius 1 is 1.25 bits per heavy atom. The number of carbonyl (C=O) groups excluding carboxylic acids is 2. The highest BCUT2D eigenvalue weighted by molar-refractivity contribution is 5.88. The third kappa shape index (κ3) is 4.00. The number of carbonyl (C=O) groups is 2. The molecule has 1 heterocycles. The molecule has 0 fully saturated rings. The molecule has 2 aromatic rings. The minimum atomic E-state index is -0.585. The molecule has 1 N–H and O–H groups in total. The molecule has 1 atom stereocenters. The highest BCUT2D eigenvalue weighted by atomic mass is 16.7. The van der Waals surface area contributed by atoms with E-state index in [-0.39, 0.29) is 0 Å². The molecule has 0 amide bonds. The van der Waals surface area contributed by atoms with Crippen LogP contribution in [0.15, 0.2) is 54.9 Å². The maximum Gasteiger partial charge on any atom is 0.358 e. The zero-order chi connectivity index (χ0) is 14.2. The first-order valence-electron chi connectivity index (χ1n) is 6.15. The molecule has 0 aliphatic rings. The van der Waals surface area contributed by atoms with Crippen molar-refractivity contribution < 1.29 is 14.4 Å². The van der Waals surface area contributed by atoms with Gasteiger partial charge in [-0.15, -0.1) is 5.48 Å². The predicted molar refractivity (Wildman–Crippen MR) is 72.8 cm³/mol. The molecule has 0 aliphatic carbocycles. The topological polar surface area (TPSA) is 68.3 Å². The van der Waals surface area contributed by atoms with Gasteiger partial charge in [-0.05, 0) is 24.1 Å². The SMILES string of the molecule is O=CC(Cc1ccccc1)NOC(=O)c1cccnc1. The Labute approximate surface area is 116 Å². The summed E-state index contributed by atoms with van der Waals surface area (Å²) in [6.45, 7) is 0. The van der Waals surface area contributed by atoms with Crippen molar-refractivity contribution in [3.8, 4) is 0 Å². The van der Waals surface area contributed by atoms with Gasteiger partial charge in [-0.25, -0.2) is 4.79 Å². The second-order valence-electron chi connectivity index (χ2n) is 4.18. The lowest BCUT2D eigenvalue weighted by Gasteiger charge is -2.12. The fourth-order valence-electron chi connectivity index (χ4n) is 1.66. The van der Waals surface area contributed by atoms with Crippen LogP contribution in [0.3, 0.4) is 0 Å². The number of pyridine rings is 1. The Hall–Kier alpha value is -2.53. The Kier molecular flexibility index (Phi) is 4.97. The Morgan fingerprint density at radius 2 is 2.05 bits per heavy atom. The number of nitrogens with one attached hydrogen (secondary N) is 1. The molecule has 0 spiro atoms. The number of nitrogens with zero attached hydrogens (tertiary/aromatic N) is 1. The standard InChI is InChI=1S/C15H14N2O3/c18-11-14(9-12-5-2-1-3-6-12)17-20-15(19)13-7-4-8-16-10-13/h1-8,10-11,14,17H,9H2. The van der Waals surface area contributed by atoms with E-state index in [0.29, 0.717) is 18.3 Å². The van der Waals surface area contributed by atoms with E-state index in [1.807, 2.05) is 30.3 Å². The summed E-state index contributed by atoms with van der Waals surface area (Å²) in [6, 6.07) is 12.1. The first-order valence-corrected chi connectivity index (χ1v) is 6.15. The maximum atomic E-state index is 11.7. The van der Waals surface area contributed by atoms with E-state index < -0.39 is 12.0 Å². The van der Waals surface area contributed by atoms with Gasteiger partial charge in [0.1, 0.15) is 12.3 Å². The second-order valence-corrected chi connectivity index (χ2v) is 4.18. The molecule has 1 unspecified atom stereocenters. The van der Waals surface area contributed by atoms with Crippen LogP contribution in [0.2, 0.25) is 0 Å². The summed E-state index contributed by atoms with van der Waals surface area (Å²) in [7, 11) is 0. The van der Waals surface area contributed by atoms with Crippen LogP contribution in [-0.4, -0.2) is 23.3 Å². The van der Waals surface area contributed by atoms with E-state index in [0.717, 1.165) is 5.56 Å². The van der Waals surface area contributed by atoms with Gasteiger partial charge in [0.05, 0.1) is 5.56 Å². The van der Waals surface area contributed by atoms with Crippen molar-refractivity contribution in [2.45, 2.75) is 12.5 Å². The highest BCUT2D eigenvalue weighted by Gasteiger charge is 2.12. The fourth-order valence-corrected chi connectivity index (χ4v) is 1.66. The molecule has 5 nitrogen and oxygen atoms in total. The van der Waals surface area contributed by atoms with Gasteiger partial charge in [0.25, 0.3) is 0 Å². The number of rotatable bonds is 6. The number of aldehydes is 1. The summed E-state index contributed by atoms with van der Waals surface area (Å²) in [5.74, 6) is -0.571. The first-order chi connectivity index (χ1) is 9.79. The van der Waals surface area contributed by atoms with Crippen LogP contribution in [0.25, 0.3) is 0 Å². The second kappa shape index (κ2) is 7.16. The van der Waals surface area contributed by atoms with E-state index in [1.54, 1.807) is 18.3 Å². The largest absolute Gasteiger partial charge is 0.366 e. The van der Waals surface area contributed by atoms with Gasteiger partial charge in [-0.2, -0.15) is 0 Å². The lowest BCUT2D eigenvalue weighted by atomic mass is 10.1. The van der Waals surface area contributed by atoms with E-state index in [2.05, 4.69) is 10.5 Å². The molecule has 0 aliphatic heterocycles.